The predicted octanol–water partition coefficient (Wildman–Crippen LogP) is 4.77. The van der Waals surface area contributed by atoms with Gasteiger partial charge in [0.15, 0.2) is 0 Å². The molecule has 0 spiro atoms. The van der Waals surface area contributed by atoms with Gasteiger partial charge in [-0.15, -0.1) is 0 Å². The highest BCUT2D eigenvalue weighted by Crippen LogP contribution is 2.31. The second kappa shape index (κ2) is 15.8. The van der Waals surface area contributed by atoms with Gasteiger partial charge < -0.3 is 31.1 Å². The zero-order chi connectivity index (χ0) is 24.8. The molecule has 0 saturated heterocycles. The quantitative estimate of drug-likeness (QED) is 0.282. The summed E-state index contributed by atoms with van der Waals surface area (Å²) in [5.74, 6) is -1.61. The molecule has 0 amide bonds. The van der Waals surface area contributed by atoms with Gasteiger partial charge in [0.1, 0.15) is 11.5 Å². The number of rotatable bonds is 7. The highest BCUT2D eigenvalue weighted by Gasteiger charge is 2.08. The smallest absolute Gasteiger partial charge is 0.300 e. The van der Waals surface area contributed by atoms with Gasteiger partial charge in [-0.25, -0.2) is 0 Å². The fourth-order valence-electron chi connectivity index (χ4n) is 2.13. The van der Waals surface area contributed by atoms with E-state index in [-0.39, 0.29) is 21.5 Å². The minimum Gasteiger partial charge on any atom is -0.506 e. The van der Waals surface area contributed by atoms with Gasteiger partial charge in [-0.05, 0) is 24.3 Å². The molecule has 2 aromatic rings. The number of carboxylic acids is 2. The maximum Gasteiger partial charge on any atom is 0.300 e. The normalized spacial score (nSPS) is 9.81. The Kier molecular flexibility index (Phi) is 14.8. The summed E-state index contributed by atoms with van der Waals surface area (Å²) in [6.07, 6.45) is 0. The largest absolute Gasteiger partial charge is 0.506 e. The maximum absolute atomic E-state index is 9.86. The highest BCUT2D eigenvalue weighted by molar-refractivity contribution is 6.36. The van der Waals surface area contributed by atoms with Gasteiger partial charge in [0.25, 0.3) is 11.9 Å². The van der Waals surface area contributed by atoms with E-state index < -0.39 is 11.9 Å². The van der Waals surface area contributed by atoms with Gasteiger partial charge >= 0.3 is 0 Å². The van der Waals surface area contributed by atoms with Crippen LogP contribution in [0.3, 0.4) is 0 Å². The Labute approximate surface area is 205 Å². The van der Waals surface area contributed by atoms with Crippen molar-refractivity contribution in [2.75, 3.05) is 13.1 Å². The Morgan fingerprint density at radius 3 is 1.28 bits per heavy atom. The van der Waals surface area contributed by atoms with Crippen LogP contribution in [0.25, 0.3) is 0 Å². The van der Waals surface area contributed by atoms with Gasteiger partial charge in [0.2, 0.25) is 0 Å². The third-order valence-electron chi connectivity index (χ3n) is 3.32. The minimum atomic E-state index is -0.833. The van der Waals surface area contributed by atoms with Crippen molar-refractivity contribution in [1.82, 2.24) is 10.6 Å². The molecule has 0 saturated carbocycles. The van der Waals surface area contributed by atoms with Crippen LogP contribution in [0.2, 0.25) is 20.1 Å². The molecule has 0 radical (unpaired) electrons. The highest BCUT2D eigenvalue weighted by atomic mass is 35.5. The maximum atomic E-state index is 9.86. The van der Waals surface area contributed by atoms with E-state index in [1.807, 2.05) is 0 Å². The fraction of sp³-hybridized carbons (Fsp3) is 0.300. The molecule has 178 valence electrons. The second-order valence-electron chi connectivity index (χ2n) is 6.18. The zero-order valence-electron chi connectivity index (χ0n) is 17.3. The van der Waals surface area contributed by atoms with Gasteiger partial charge in [-0.3, -0.25) is 9.59 Å². The standard InChI is InChI=1S/C16H16Cl4N2O2.2C2H4O2/c17-11-3-9(15(23)13(19)5-11)7-21-1-2-22-8-10-4-12(18)6-14(20)16(10)24;2*1-2(3)4/h3-6,21-24H,1-2,7-8H2;2*1H3,(H,3,4). The molecule has 0 bridgehead atoms. The summed E-state index contributed by atoms with van der Waals surface area (Å²) >= 11 is 23.6. The van der Waals surface area contributed by atoms with E-state index in [1.165, 1.54) is 12.1 Å². The Balaban J connectivity index is 0.00000104. The van der Waals surface area contributed by atoms with Gasteiger partial charge in [0.05, 0.1) is 10.0 Å². The van der Waals surface area contributed by atoms with Gasteiger partial charge in [-0.1, -0.05) is 46.4 Å². The summed E-state index contributed by atoms with van der Waals surface area (Å²) in [6.45, 7) is 4.31. The summed E-state index contributed by atoms with van der Waals surface area (Å²) in [7, 11) is 0. The van der Waals surface area contributed by atoms with Crippen LogP contribution in [0.1, 0.15) is 25.0 Å². The summed E-state index contributed by atoms with van der Waals surface area (Å²) in [5, 5.41) is 42.3. The number of phenols is 2. The SMILES string of the molecule is CC(=O)O.CC(=O)O.Oc1c(Cl)cc(Cl)cc1CNCCNCc1cc(Cl)cc(Cl)c1O. The fourth-order valence-corrected chi connectivity index (χ4v) is 3.20. The lowest BCUT2D eigenvalue weighted by Gasteiger charge is -2.11. The number of nitrogens with one attached hydrogen (secondary N) is 2. The van der Waals surface area contributed by atoms with Crippen LogP contribution in [0.5, 0.6) is 11.5 Å². The molecule has 0 fully saturated rings. The molecular weight excluding hydrogens is 506 g/mol. The molecule has 0 aliphatic rings. The van der Waals surface area contributed by atoms with Crippen LogP contribution in [0.4, 0.5) is 0 Å². The molecule has 32 heavy (non-hydrogen) atoms. The van der Waals surface area contributed by atoms with E-state index in [0.29, 0.717) is 47.4 Å². The number of aromatic hydroxyl groups is 2. The Bertz CT molecular complexity index is 831. The van der Waals surface area contributed by atoms with Crippen molar-refractivity contribution in [3.8, 4) is 11.5 Å². The Hall–Kier alpha value is -1.94. The predicted molar refractivity (Wildman–Crippen MR) is 126 cm³/mol. The Morgan fingerprint density at radius 2 is 1.00 bits per heavy atom. The first kappa shape index (κ1) is 30.1. The molecule has 6 N–H and O–H groups in total. The van der Waals surface area contributed by atoms with E-state index in [1.54, 1.807) is 12.1 Å². The van der Waals surface area contributed by atoms with Crippen molar-refractivity contribution < 1.29 is 30.0 Å². The summed E-state index contributed by atoms with van der Waals surface area (Å²) < 4.78 is 0. The summed E-state index contributed by atoms with van der Waals surface area (Å²) in [5.41, 5.74) is 1.26. The molecule has 2 aromatic carbocycles. The van der Waals surface area contributed by atoms with E-state index >= 15 is 0 Å². The first-order chi connectivity index (χ1) is 14.8. The third kappa shape index (κ3) is 13.5. The summed E-state index contributed by atoms with van der Waals surface area (Å²) in [6, 6.07) is 6.31. The molecule has 2 rings (SSSR count). The average molecular weight is 530 g/mol. The van der Waals surface area contributed by atoms with Crippen molar-refractivity contribution >= 4 is 58.3 Å². The van der Waals surface area contributed by atoms with Crippen LogP contribution in [0.15, 0.2) is 24.3 Å². The molecule has 12 heteroatoms. The number of benzene rings is 2. The molecule has 0 atom stereocenters. The second-order valence-corrected chi connectivity index (χ2v) is 7.87. The molecule has 0 heterocycles. The van der Waals surface area contributed by atoms with Crippen LogP contribution in [0, 0.1) is 0 Å². The monoisotopic (exact) mass is 528 g/mol. The van der Waals surface area contributed by atoms with E-state index in [4.69, 9.17) is 66.2 Å². The third-order valence-corrected chi connectivity index (χ3v) is 4.34. The van der Waals surface area contributed by atoms with Crippen molar-refractivity contribution in [2.24, 2.45) is 0 Å². The first-order valence-electron chi connectivity index (χ1n) is 8.99. The van der Waals surface area contributed by atoms with Crippen LogP contribution in [-0.4, -0.2) is 45.5 Å². The van der Waals surface area contributed by atoms with Crippen molar-refractivity contribution in [2.45, 2.75) is 26.9 Å². The lowest BCUT2D eigenvalue weighted by molar-refractivity contribution is -0.135. The van der Waals surface area contributed by atoms with Crippen molar-refractivity contribution in [1.29, 1.82) is 0 Å². The molecule has 0 aliphatic carbocycles. The number of halogens is 4. The van der Waals surface area contributed by atoms with Gasteiger partial charge in [0, 0.05) is 61.2 Å². The van der Waals surface area contributed by atoms with Crippen LogP contribution >= 0.6 is 46.4 Å². The number of hydrogen-bond donors (Lipinski definition) is 6. The van der Waals surface area contributed by atoms with E-state index in [2.05, 4.69) is 10.6 Å². The molecule has 8 nitrogen and oxygen atoms in total. The van der Waals surface area contributed by atoms with E-state index in [9.17, 15) is 10.2 Å². The lowest BCUT2D eigenvalue weighted by atomic mass is 10.2. The summed E-state index contributed by atoms with van der Waals surface area (Å²) in [4.78, 5) is 18.0. The molecule has 0 aliphatic heterocycles. The van der Waals surface area contributed by atoms with Crippen molar-refractivity contribution in [3.63, 3.8) is 0 Å². The number of aliphatic carboxylic acids is 2. The number of carboxylic acid groups (broad SMARTS) is 2. The van der Waals surface area contributed by atoms with Crippen LogP contribution < -0.4 is 10.6 Å². The number of phenolic OH excluding ortho intramolecular Hbond substituents is 2. The number of hydrogen-bond acceptors (Lipinski definition) is 6. The van der Waals surface area contributed by atoms with Crippen LogP contribution in [-0.2, 0) is 22.7 Å². The number of carbonyl (C=O) groups is 2. The average Bonchev–Trinajstić information content (AvgIpc) is 2.64. The van der Waals surface area contributed by atoms with Crippen molar-refractivity contribution in [3.05, 3.63) is 55.5 Å². The molecular formula is C20H24Cl4N2O6. The molecule has 0 aromatic heterocycles. The first-order valence-corrected chi connectivity index (χ1v) is 10.5. The minimum absolute atomic E-state index is 0.0278. The Morgan fingerprint density at radius 1 is 0.719 bits per heavy atom. The lowest BCUT2D eigenvalue weighted by Crippen LogP contribution is -2.26. The van der Waals surface area contributed by atoms with E-state index in [0.717, 1.165) is 13.8 Å². The molecule has 0 unspecified atom stereocenters. The van der Waals surface area contributed by atoms with Gasteiger partial charge in [-0.2, -0.15) is 0 Å². The zero-order valence-corrected chi connectivity index (χ0v) is 20.3. The topological polar surface area (TPSA) is 139 Å².